The van der Waals surface area contributed by atoms with Crippen molar-refractivity contribution >= 4 is 15.9 Å². The van der Waals surface area contributed by atoms with Gasteiger partial charge in [0, 0.05) is 10.5 Å². The zero-order chi connectivity index (χ0) is 12.2. The van der Waals surface area contributed by atoms with Crippen LogP contribution in [0, 0.1) is 5.41 Å². The van der Waals surface area contributed by atoms with Crippen molar-refractivity contribution in [2.24, 2.45) is 11.3 Å². The van der Waals surface area contributed by atoms with Crippen molar-refractivity contribution in [1.82, 2.24) is 5.43 Å². The molecule has 0 heterocycles. The van der Waals surface area contributed by atoms with E-state index in [0.29, 0.717) is 11.5 Å². The van der Waals surface area contributed by atoms with Gasteiger partial charge < -0.3 is 0 Å². The van der Waals surface area contributed by atoms with E-state index in [2.05, 4.69) is 66.4 Å². The molecule has 0 bridgehead atoms. The predicted octanol–water partition coefficient (Wildman–Crippen LogP) is 3.26. The van der Waals surface area contributed by atoms with E-state index < -0.39 is 0 Å². The summed E-state index contributed by atoms with van der Waals surface area (Å²) < 4.78 is 1.12. The Balaban J connectivity index is 2.60. The van der Waals surface area contributed by atoms with E-state index in [1.165, 1.54) is 5.56 Å². The van der Waals surface area contributed by atoms with Gasteiger partial charge in [0.15, 0.2) is 0 Å². The number of benzene rings is 1. The zero-order valence-corrected chi connectivity index (χ0v) is 11.8. The molecule has 0 aliphatic heterocycles. The van der Waals surface area contributed by atoms with E-state index >= 15 is 0 Å². The molecule has 1 aromatic carbocycles. The van der Waals surface area contributed by atoms with E-state index in [9.17, 15) is 0 Å². The van der Waals surface area contributed by atoms with Gasteiger partial charge in [0.1, 0.15) is 0 Å². The van der Waals surface area contributed by atoms with Crippen molar-refractivity contribution in [2.75, 3.05) is 0 Å². The van der Waals surface area contributed by atoms with E-state index in [-0.39, 0.29) is 0 Å². The molecule has 1 aromatic rings. The molecule has 0 aromatic heterocycles. The lowest BCUT2D eigenvalue weighted by atomic mass is 9.86. The van der Waals surface area contributed by atoms with Gasteiger partial charge in [-0.05, 0) is 36.0 Å². The summed E-state index contributed by atoms with van der Waals surface area (Å²) >= 11 is 3.44. The van der Waals surface area contributed by atoms with Crippen LogP contribution in [0.5, 0.6) is 0 Å². The fourth-order valence-corrected chi connectivity index (χ4v) is 2.10. The first kappa shape index (κ1) is 13.7. The van der Waals surface area contributed by atoms with Gasteiger partial charge in [-0.2, -0.15) is 0 Å². The van der Waals surface area contributed by atoms with Crippen LogP contribution in [-0.4, -0.2) is 6.04 Å². The second-order valence-corrected chi connectivity index (χ2v) is 6.37. The topological polar surface area (TPSA) is 38.0 Å². The SMILES string of the molecule is CC(C)(C)CC(Cc1ccc(Br)cc1)NN. The van der Waals surface area contributed by atoms with Crippen molar-refractivity contribution in [1.29, 1.82) is 0 Å². The van der Waals surface area contributed by atoms with Gasteiger partial charge in [0.25, 0.3) is 0 Å². The van der Waals surface area contributed by atoms with Crippen LogP contribution < -0.4 is 11.3 Å². The van der Waals surface area contributed by atoms with Crippen molar-refractivity contribution in [3.05, 3.63) is 34.3 Å². The molecule has 3 heteroatoms. The molecule has 2 nitrogen and oxygen atoms in total. The van der Waals surface area contributed by atoms with Gasteiger partial charge >= 0.3 is 0 Å². The number of halogens is 1. The minimum atomic E-state index is 0.298. The highest BCUT2D eigenvalue weighted by Gasteiger charge is 2.17. The van der Waals surface area contributed by atoms with Crippen LogP contribution in [0.3, 0.4) is 0 Å². The molecule has 0 aliphatic rings. The molecular weight excluding hydrogens is 264 g/mol. The number of nitrogens with one attached hydrogen (secondary N) is 1. The normalized spacial score (nSPS) is 13.8. The first-order valence-corrected chi connectivity index (χ1v) is 6.40. The Labute approximate surface area is 107 Å². The third-order valence-corrected chi connectivity index (χ3v) is 3.02. The second kappa shape index (κ2) is 5.80. The Kier molecular flexibility index (Phi) is 4.96. The molecule has 1 atom stereocenters. The summed E-state index contributed by atoms with van der Waals surface area (Å²) in [6.45, 7) is 6.71. The largest absolute Gasteiger partial charge is 0.271 e. The van der Waals surface area contributed by atoms with Gasteiger partial charge in [-0.3, -0.25) is 11.3 Å². The Morgan fingerprint density at radius 1 is 1.25 bits per heavy atom. The summed E-state index contributed by atoms with van der Waals surface area (Å²) in [7, 11) is 0. The van der Waals surface area contributed by atoms with Crippen LogP contribution in [0.25, 0.3) is 0 Å². The molecule has 0 fully saturated rings. The van der Waals surface area contributed by atoms with Crippen molar-refractivity contribution in [3.8, 4) is 0 Å². The average Bonchev–Trinajstić information content (AvgIpc) is 2.18. The van der Waals surface area contributed by atoms with E-state index in [0.717, 1.165) is 17.3 Å². The fraction of sp³-hybridized carbons (Fsp3) is 0.538. The molecule has 1 unspecified atom stereocenters. The summed E-state index contributed by atoms with van der Waals surface area (Å²) in [5.74, 6) is 5.60. The minimum absolute atomic E-state index is 0.298. The molecule has 0 aliphatic carbocycles. The highest BCUT2D eigenvalue weighted by atomic mass is 79.9. The third-order valence-electron chi connectivity index (χ3n) is 2.49. The highest BCUT2D eigenvalue weighted by molar-refractivity contribution is 9.10. The van der Waals surface area contributed by atoms with Crippen LogP contribution >= 0.6 is 15.9 Å². The van der Waals surface area contributed by atoms with Crippen molar-refractivity contribution < 1.29 is 0 Å². The summed E-state index contributed by atoms with van der Waals surface area (Å²) in [5, 5.41) is 0. The lowest BCUT2D eigenvalue weighted by Crippen LogP contribution is -2.39. The van der Waals surface area contributed by atoms with Crippen LogP contribution in [0.4, 0.5) is 0 Å². The van der Waals surface area contributed by atoms with Crippen molar-refractivity contribution in [2.45, 2.75) is 39.7 Å². The number of hydrogen-bond donors (Lipinski definition) is 2. The van der Waals surface area contributed by atoms with Crippen LogP contribution in [0.1, 0.15) is 32.8 Å². The second-order valence-electron chi connectivity index (χ2n) is 5.46. The Bertz CT molecular complexity index is 314. The van der Waals surface area contributed by atoms with Gasteiger partial charge in [-0.25, -0.2) is 0 Å². The van der Waals surface area contributed by atoms with E-state index in [4.69, 9.17) is 5.84 Å². The standard InChI is InChI=1S/C13H21BrN2/c1-13(2,3)9-12(16-15)8-10-4-6-11(14)7-5-10/h4-7,12,16H,8-9,15H2,1-3H3. The smallest absolute Gasteiger partial charge is 0.0255 e. The molecule has 90 valence electrons. The van der Waals surface area contributed by atoms with Crippen LogP contribution in [-0.2, 0) is 6.42 Å². The lowest BCUT2D eigenvalue weighted by Gasteiger charge is -2.25. The first-order valence-electron chi connectivity index (χ1n) is 5.61. The number of hydrogen-bond acceptors (Lipinski definition) is 2. The van der Waals surface area contributed by atoms with Crippen molar-refractivity contribution in [3.63, 3.8) is 0 Å². The Hall–Kier alpha value is -0.380. The van der Waals surface area contributed by atoms with Crippen LogP contribution in [0.15, 0.2) is 28.7 Å². The predicted molar refractivity (Wildman–Crippen MR) is 73.0 cm³/mol. The van der Waals surface area contributed by atoms with Gasteiger partial charge in [-0.15, -0.1) is 0 Å². The number of nitrogens with two attached hydrogens (primary N) is 1. The summed E-state index contributed by atoms with van der Waals surface area (Å²) in [6, 6.07) is 8.75. The summed E-state index contributed by atoms with van der Waals surface area (Å²) in [5.41, 5.74) is 4.52. The van der Waals surface area contributed by atoms with E-state index in [1.807, 2.05) is 0 Å². The van der Waals surface area contributed by atoms with Gasteiger partial charge in [-0.1, -0.05) is 48.8 Å². The summed E-state index contributed by atoms with van der Waals surface area (Å²) in [6.07, 6.45) is 2.04. The fourth-order valence-electron chi connectivity index (χ4n) is 1.83. The molecule has 0 saturated heterocycles. The molecule has 0 radical (unpaired) electrons. The maximum Gasteiger partial charge on any atom is 0.0255 e. The summed E-state index contributed by atoms with van der Waals surface area (Å²) in [4.78, 5) is 0. The van der Waals surface area contributed by atoms with Gasteiger partial charge in [0.05, 0.1) is 0 Å². The zero-order valence-electron chi connectivity index (χ0n) is 10.3. The highest BCUT2D eigenvalue weighted by Crippen LogP contribution is 2.22. The molecule has 16 heavy (non-hydrogen) atoms. The minimum Gasteiger partial charge on any atom is -0.271 e. The molecule has 0 amide bonds. The number of rotatable bonds is 4. The maximum absolute atomic E-state index is 5.60. The Morgan fingerprint density at radius 3 is 2.25 bits per heavy atom. The third kappa shape index (κ3) is 5.10. The average molecular weight is 285 g/mol. The molecular formula is C13H21BrN2. The monoisotopic (exact) mass is 284 g/mol. The molecule has 0 spiro atoms. The molecule has 3 N–H and O–H groups in total. The lowest BCUT2D eigenvalue weighted by molar-refractivity contribution is 0.308. The van der Waals surface area contributed by atoms with Crippen LogP contribution in [0.2, 0.25) is 0 Å². The number of hydrazine groups is 1. The maximum atomic E-state index is 5.60. The van der Waals surface area contributed by atoms with Gasteiger partial charge in [0.2, 0.25) is 0 Å². The van der Waals surface area contributed by atoms with E-state index in [1.54, 1.807) is 0 Å². The molecule has 1 rings (SSSR count). The first-order chi connectivity index (χ1) is 7.40. The Morgan fingerprint density at radius 2 is 1.81 bits per heavy atom. The quantitative estimate of drug-likeness (QED) is 0.658. The molecule has 0 saturated carbocycles.